The summed E-state index contributed by atoms with van der Waals surface area (Å²) in [5.74, 6) is -0.150. The van der Waals surface area contributed by atoms with Gasteiger partial charge in [-0.3, -0.25) is 0 Å². The van der Waals surface area contributed by atoms with Crippen LogP contribution in [0.5, 0.6) is 0 Å². The van der Waals surface area contributed by atoms with E-state index in [1.54, 1.807) is 10.6 Å². The Balaban J connectivity index is 0.000000136. The van der Waals surface area contributed by atoms with E-state index in [-0.39, 0.29) is 5.82 Å². The number of rotatable bonds is 0. The van der Waals surface area contributed by atoms with Crippen molar-refractivity contribution in [3.63, 3.8) is 0 Å². The van der Waals surface area contributed by atoms with Crippen LogP contribution >= 0.6 is 0 Å². The topological polar surface area (TPSA) is 9.86 Å². The van der Waals surface area contributed by atoms with E-state index in [4.69, 9.17) is 0 Å². The molecule has 0 saturated heterocycles. The second-order valence-electron chi connectivity index (χ2n) is 5.99. The van der Waals surface area contributed by atoms with E-state index < -0.39 is 0 Å². The SMILES string of the molecule is Cc1ccc(F)c2c1ccn2C.Cc1cccc2c1ccn2C. The van der Waals surface area contributed by atoms with E-state index in [9.17, 15) is 4.39 Å². The number of nitrogens with zero attached hydrogens (tertiary/aromatic N) is 2. The Kier molecular flexibility index (Phi) is 3.95. The van der Waals surface area contributed by atoms with Crippen molar-refractivity contribution < 1.29 is 4.39 Å². The second kappa shape index (κ2) is 5.92. The van der Waals surface area contributed by atoms with Crippen LogP contribution in [0.15, 0.2) is 54.9 Å². The predicted octanol–water partition coefficient (Wildman–Crippen LogP) is 5.11. The molecule has 0 aliphatic carbocycles. The number of aryl methyl sites for hydroxylation is 4. The van der Waals surface area contributed by atoms with Gasteiger partial charge in [-0.15, -0.1) is 0 Å². The van der Waals surface area contributed by atoms with Crippen molar-refractivity contribution in [1.82, 2.24) is 9.13 Å². The van der Waals surface area contributed by atoms with E-state index in [0.717, 1.165) is 10.9 Å². The van der Waals surface area contributed by atoms with Crippen molar-refractivity contribution in [3.8, 4) is 0 Å². The Labute approximate surface area is 135 Å². The van der Waals surface area contributed by atoms with Crippen LogP contribution in [0.3, 0.4) is 0 Å². The minimum Gasteiger partial charge on any atom is -0.351 e. The van der Waals surface area contributed by atoms with E-state index in [0.29, 0.717) is 5.52 Å². The van der Waals surface area contributed by atoms with Crippen LogP contribution in [-0.2, 0) is 14.1 Å². The Hall–Kier alpha value is -2.55. The van der Waals surface area contributed by atoms with Gasteiger partial charge in [0.15, 0.2) is 0 Å². The molecule has 3 heteroatoms. The maximum atomic E-state index is 13.2. The zero-order chi connectivity index (χ0) is 16.6. The van der Waals surface area contributed by atoms with Gasteiger partial charge in [0.25, 0.3) is 0 Å². The van der Waals surface area contributed by atoms with Gasteiger partial charge in [-0.25, -0.2) is 4.39 Å². The number of hydrogen-bond acceptors (Lipinski definition) is 0. The van der Waals surface area contributed by atoms with Crippen LogP contribution in [0.25, 0.3) is 21.8 Å². The molecule has 2 heterocycles. The molecular weight excluding hydrogens is 287 g/mol. The molecule has 0 spiro atoms. The van der Waals surface area contributed by atoms with Gasteiger partial charge >= 0.3 is 0 Å². The molecule has 0 saturated carbocycles. The summed E-state index contributed by atoms with van der Waals surface area (Å²) in [6, 6.07) is 13.8. The lowest BCUT2D eigenvalue weighted by atomic mass is 10.1. The first-order chi connectivity index (χ1) is 11.0. The lowest BCUT2D eigenvalue weighted by Crippen LogP contribution is -1.88. The molecular formula is C20H21FN2. The van der Waals surface area contributed by atoms with Crippen molar-refractivity contribution >= 4 is 21.8 Å². The maximum Gasteiger partial charge on any atom is 0.147 e. The van der Waals surface area contributed by atoms with Gasteiger partial charge < -0.3 is 9.13 Å². The molecule has 2 nitrogen and oxygen atoms in total. The average molecular weight is 308 g/mol. The van der Waals surface area contributed by atoms with Crippen LogP contribution in [0.4, 0.5) is 4.39 Å². The molecule has 4 aromatic rings. The highest BCUT2D eigenvalue weighted by atomic mass is 19.1. The van der Waals surface area contributed by atoms with Gasteiger partial charge in [-0.1, -0.05) is 18.2 Å². The van der Waals surface area contributed by atoms with Gasteiger partial charge in [-0.05, 0) is 49.2 Å². The van der Waals surface area contributed by atoms with Crippen molar-refractivity contribution in [2.45, 2.75) is 13.8 Å². The first kappa shape index (κ1) is 15.3. The fourth-order valence-corrected chi connectivity index (χ4v) is 2.97. The van der Waals surface area contributed by atoms with Gasteiger partial charge in [0.2, 0.25) is 0 Å². The third-order valence-electron chi connectivity index (χ3n) is 4.35. The lowest BCUT2D eigenvalue weighted by Gasteiger charge is -1.99. The highest BCUT2D eigenvalue weighted by Crippen LogP contribution is 2.21. The zero-order valence-electron chi connectivity index (χ0n) is 14.0. The molecule has 4 rings (SSSR count). The van der Waals surface area contributed by atoms with Crippen molar-refractivity contribution in [1.29, 1.82) is 0 Å². The summed E-state index contributed by atoms with van der Waals surface area (Å²) in [6.07, 6.45) is 3.97. The number of halogens is 1. The van der Waals surface area contributed by atoms with Gasteiger partial charge in [0, 0.05) is 42.8 Å². The monoisotopic (exact) mass is 308 g/mol. The second-order valence-corrected chi connectivity index (χ2v) is 5.99. The molecule has 2 aromatic heterocycles. The fraction of sp³-hybridized carbons (Fsp3) is 0.200. The quantitative estimate of drug-likeness (QED) is 0.427. The van der Waals surface area contributed by atoms with Crippen LogP contribution in [0, 0.1) is 19.7 Å². The maximum absolute atomic E-state index is 13.2. The molecule has 0 bridgehead atoms. The Morgan fingerprint density at radius 2 is 1.39 bits per heavy atom. The molecule has 0 atom stereocenters. The average Bonchev–Trinajstić information content (AvgIpc) is 3.10. The summed E-state index contributed by atoms with van der Waals surface area (Å²) in [7, 11) is 3.92. The number of benzene rings is 2. The molecule has 23 heavy (non-hydrogen) atoms. The summed E-state index contributed by atoms with van der Waals surface area (Å²) in [5, 5.41) is 2.35. The number of hydrogen-bond donors (Lipinski definition) is 0. The molecule has 0 aliphatic rings. The minimum atomic E-state index is -0.150. The van der Waals surface area contributed by atoms with Crippen molar-refractivity contribution in [2.24, 2.45) is 14.1 Å². The Bertz CT molecular complexity index is 976. The van der Waals surface area contributed by atoms with Gasteiger partial charge in [0.1, 0.15) is 5.82 Å². The molecule has 0 unspecified atom stereocenters. The third kappa shape index (κ3) is 2.74. The van der Waals surface area contributed by atoms with Crippen molar-refractivity contribution in [2.75, 3.05) is 0 Å². The van der Waals surface area contributed by atoms with Crippen molar-refractivity contribution in [3.05, 3.63) is 71.8 Å². The van der Waals surface area contributed by atoms with Crippen LogP contribution in [0.1, 0.15) is 11.1 Å². The zero-order valence-corrected chi connectivity index (χ0v) is 14.0. The largest absolute Gasteiger partial charge is 0.351 e. The highest BCUT2D eigenvalue weighted by Gasteiger charge is 2.05. The van der Waals surface area contributed by atoms with Gasteiger partial charge in [0.05, 0.1) is 5.52 Å². The van der Waals surface area contributed by atoms with E-state index >= 15 is 0 Å². The Morgan fingerprint density at radius 1 is 0.739 bits per heavy atom. The van der Waals surface area contributed by atoms with E-state index in [2.05, 4.69) is 49.0 Å². The van der Waals surface area contributed by atoms with Gasteiger partial charge in [-0.2, -0.15) is 0 Å². The molecule has 0 N–H and O–H groups in total. The summed E-state index contributed by atoms with van der Waals surface area (Å²) >= 11 is 0. The normalized spacial score (nSPS) is 10.8. The third-order valence-corrected chi connectivity index (χ3v) is 4.35. The highest BCUT2D eigenvalue weighted by molar-refractivity contribution is 5.84. The molecule has 0 aliphatic heterocycles. The predicted molar refractivity (Wildman–Crippen MR) is 95.3 cm³/mol. The fourth-order valence-electron chi connectivity index (χ4n) is 2.97. The molecule has 0 amide bonds. The number of aromatic nitrogens is 2. The minimum absolute atomic E-state index is 0.150. The standard InChI is InChI=1S/C10H10FN.C10H11N/c1-7-3-4-9(11)10-8(7)5-6-12(10)2;1-8-4-3-5-10-9(8)6-7-11(10)2/h3-6H,1-2H3;3-7H,1-2H3. The lowest BCUT2D eigenvalue weighted by molar-refractivity contribution is 0.631. The first-order valence-corrected chi connectivity index (χ1v) is 7.70. The van der Waals surface area contributed by atoms with E-state index in [1.165, 1.54) is 22.5 Å². The summed E-state index contributed by atoms with van der Waals surface area (Å²) in [5.41, 5.74) is 4.47. The van der Waals surface area contributed by atoms with Crippen LogP contribution < -0.4 is 0 Å². The molecule has 118 valence electrons. The summed E-state index contributed by atoms with van der Waals surface area (Å²) in [6.45, 7) is 4.13. The van der Waals surface area contributed by atoms with Crippen LogP contribution in [-0.4, -0.2) is 9.13 Å². The molecule has 0 radical (unpaired) electrons. The number of fused-ring (bicyclic) bond motifs is 2. The van der Waals surface area contributed by atoms with Crippen LogP contribution in [0.2, 0.25) is 0 Å². The summed E-state index contributed by atoms with van der Waals surface area (Å²) < 4.78 is 17.2. The summed E-state index contributed by atoms with van der Waals surface area (Å²) in [4.78, 5) is 0. The van der Waals surface area contributed by atoms with E-state index in [1.807, 2.05) is 26.2 Å². The molecule has 2 aromatic carbocycles. The Morgan fingerprint density at radius 3 is 2.09 bits per heavy atom. The molecule has 0 fully saturated rings. The smallest absolute Gasteiger partial charge is 0.147 e. The first-order valence-electron chi connectivity index (χ1n) is 7.70.